The maximum absolute atomic E-state index is 12.2. The van der Waals surface area contributed by atoms with Crippen LogP contribution in [0.4, 0.5) is 0 Å². The first-order valence-corrected chi connectivity index (χ1v) is 9.64. The fourth-order valence-corrected chi connectivity index (χ4v) is 3.06. The van der Waals surface area contributed by atoms with Crippen LogP contribution in [0.25, 0.3) is 0 Å². The molecule has 7 heteroatoms. The highest BCUT2D eigenvalue weighted by Gasteiger charge is 2.22. The Hall–Kier alpha value is -2.80. The Morgan fingerprint density at radius 1 is 1.12 bits per heavy atom. The average Bonchev–Trinajstić information content (AvgIpc) is 3.17. The van der Waals surface area contributed by atoms with Gasteiger partial charge < -0.3 is 4.74 Å². The zero-order chi connectivity index (χ0) is 18.5. The Balaban J connectivity index is 1.56. The molecule has 0 aliphatic carbocycles. The molecule has 0 radical (unpaired) electrons. The summed E-state index contributed by atoms with van der Waals surface area (Å²) in [6, 6.07) is 15.9. The number of amides is 1. The topological polar surface area (TPSA) is 76.0 Å². The molecule has 2 aromatic rings. The van der Waals surface area contributed by atoms with Crippen LogP contribution in [0.1, 0.15) is 22.3 Å². The van der Waals surface area contributed by atoms with E-state index in [1.54, 1.807) is 18.4 Å². The second-order valence-corrected chi connectivity index (χ2v) is 7.11. The van der Waals surface area contributed by atoms with E-state index in [2.05, 4.69) is 5.10 Å². The van der Waals surface area contributed by atoms with Gasteiger partial charge in [-0.05, 0) is 29.8 Å². The van der Waals surface area contributed by atoms with E-state index < -0.39 is 16.8 Å². The number of esters is 1. The van der Waals surface area contributed by atoms with E-state index >= 15 is 0 Å². The molecule has 134 valence electrons. The third kappa shape index (κ3) is 4.23. The van der Waals surface area contributed by atoms with Gasteiger partial charge in [0.05, 0.1) is 17.8 Å². The first-order chi connectivity index (χ1) is 12.5. The van der Waals surface area contributed by atoms with E-state index in [4.69, 9.17) is 4.74 Å². The number of benzene rings is 2. The van der Waals surface area contributed by atoms with Gasteiger partial charge in [-0.15, -0.1) is 0 Å². The van der Waals surface area contributed by atoms with Crippen LogP contribution in [0.3, 0.4) is 0 Å². The second-order valence-electron chi connectivity index (χ2n) is 5.73. The van der Waals surface area contributed by atoms with E-state index in [1.807, 2.05) is 30.3 Å². The minimum Gasteiger partial charge on any atom is -0.452 e. The van der Waals surface area contributed by atoms with Crippen LogP contribution in [0, 0.1) is 0 Å². The number of hydrogen-bond donors (Lipinski definition) is 0. The quantitative estimate of drug-likeness (QED) is 0.756. The van der Waals surface area contributed by atoms with Gasteiger partial charge in [0.1, 0.15) is 0 Å². The van der Waals surface area contributed by atoms with Crippen molar-refractivity contribution in [2.45, 2.75) is 11.3 Å². The van der Waals surface area contributed by atoms with Crippen LogP contribution in [0.2, 0.25) is 0 Å². The van der Waals surface area contributed by atoms with Crippen molar-refractivity contribution in [1.29, 1.82) is 0 Å². The molecule has 3 rings (SSSR count). The molecule has 1 aliphatic heterocycles. The average molecular weight is 370 g/mol. The highest BCUT2D eigenvalue weighted by Crippen LogP contribution is 2.14. The van der Waals surface area contributed by atoms with Crippen LogP contribution in [0.5, 0.6) is 0 Å². The van der Waals surface area contributed by atoms with Crippen molar-refractivity contribution in [3.05, 3.63) is 65.7 Å². The van der Waals surface area contributed by atoms with Crippen LogP contribution >= 0.6 is 0 Å². The maximum atomic E-state index is 12.2. The van der Waals surface area contributed by atoms with Gasteiger partial charge in [0, 0.05) is 28.4 Å². The van der Waals surface area contributed by atoms with Gasteiger partial charge in [0.25, 0.3) is 5.91 Å². The summed E-state index contributed by atoms with van der Waals surface area (Å²) in [5, 5.41) is 5.65. The van der Waals surface area contributed by atoms with E-state index in [9.17, 15) is 13.8 Å². The third-order valence-corrected chi connectivity index (χ3v) is 4.88. The minimum atomic E-state index is -1.11. The van der Waals surface area contributed by atoms with Crippen molar-refractivity contribution >= 4 is 28.4 Å². The Bertz CT molecular complexity index is 863. The Labute approximate surface area is 153 Å². The van der Waals surface area contributed by atoms with Gasteiger partial charge in [-0.25, -0.2) is 9.80 Å². The molecule has 6 nitrogen and oxygen atoms in total. The molecular formula is C19H18N2O4S. The molecule has 0 aromatic heterocycles. The maximum Gasteiger partial charge on any atom is 0.338 e. The first-order valence-electron chi connectivity index (χ1n) is 8.08. The van der Waals surface area contributed by atoms with Crippen molar-refractivity contribution in [3.63, 3.8) is 0 Å². The van der Waals surface area contributed by atoms with Crippen LogP contribution < -0.4 is 0 Å². The molecule has 0 saturated carbocycles. The summed E-state index contributed by atoms with van der Waals surface area (Å²) in [5.41, 5.74) is 2.13. The Kier molecular flexibility index (Phi) is 5.58. The van der Waals surface area contributed by atoms with E-state index in [1.165, 1.54) is 17.1 Å². The van der Waals surface area contributed by atoms with Crippen molar-refractivity contribution in [2.24, 2.45) is 5.10 Å². The summed E-state index contributed by atoms with van der Waals surface area (Å²) in [4.78, 5) is 24.9. The normalized spacial score (nSPS) is 14.7. The molecule has 0 saturated heterocycles. The van der Waals surface area contributed by atoms with E-state index in [0.29, 0.717) is 23.4 Å². The Morgan fingerprint density at radius 2 is 1.81 bits per heavy atom. The standard InChI is InChI=1S/C19H18N2O4S/c1-26(24)16-9-7-15(8-10-16)19(23)25-13-18(22)21-12-11-17(20-21)14-5-3-2-4-6-14/h2-10H,11-13H2,1H3/t26-/m0/s1. The van der Waals surface area contributed by atoms with Gasteiger partial charge >= 0.3 is 5.97 Å². The zero-order valence-corrected chi connectivity index (χ0v) is 15.1. The van der Waals surface area contributed by atoms with Crippen LogP contribution in [-0.4, -0.2) is 46.2 Å². The summed E-state index contributed by atoms with van der Waals surface area (Å²) in [6.45, 7) is 0.101. The molecule has 0 unspecified atom stereocenters. The molecule has 0 bridgehead atoms. The Morgan fingerprint density at radius 3 is 2.46 bits per heavy atom. The monoisotopic (exact) mass is 370 g/mol. The fourth-order valence-electron chi connectivity index (χ4n) is 2.54. The van der Waals surface area contributed by atoms with Crippen molar-refractivity contribution in [1.82, 2.24) is 5.01 Å². The molecule has 1 atom stereocenters. The number of carbonyl (C=O) groups excluding carboxylic acids is 2. The lowest BCUT2D eigenvalue weighted by atomic mass is 10.1. The predicted molar refractivity (Wildman–Crippen MR) is 98.4 cm³/mol. The molecule has 2 aromatic carbocycles. The molecule has 26 heavy (non-hydrogen) atoms. The minimum absolute atomic E-state index is 0.307. The molecule has 0 N–H and O–H groups in total. The summed E-state index contributed by atoms with van der Waals surface area (Å²) >= 11 is 0. The zero-order valence-electron chi connectivity index (χ0n) is 14.3. The number of hydrogen-bond acceptors (Lipinski definition) is 5. The second kappa shape index (κ2) is 8.05. The lowest BCUT2D eigenvalue weighted by Crippen LogP contribution is -2.28. The summed E-state index contributed by atoms with van der Waals surface area (Å²) in [7, 11) is -1.11. The highest BCUT2D eigenvalue weighted by atomic mass is 32.2. The van der Waals surface area contributed by atoms with E-state index in [0.717, 1.165) is 11.3 Å². The van der Waals surface area contributed by atoms with Gasteiger partial charge in [-0.1, -0.05) is 30.3 Å². The SMILES string of the molecule is C[S@](=O)c1ccc(C(=O)OCC(=O)N2CCC(c3ccccc3)=N2)cc1. The van der Waals surface area contributed by atoms with Gasteiger partial charge in [0.15, 0.2) is 6.61 Å². The van der Waals surface area contributed by atoms with E-state index in [-0.39, 0.29) is 12.5 Å². The van der Waals surface area contributed by atoms with Crippen LogP contribution in [0.15, 0.2) is 64.6 Å². The van der Waals surface area contributed by atoms with Crippen molar-refractivity contribution in [3.8, 4) is 0 Å². The third-order valence-electron chi connectivity index (χ3n) is 3.95. The number of hydrazone groups is 1. The molecule has 0 fully saturated rings. The lowest BCUT2D eigenvalue weighted by molar-refractivity contribution is -0.134. The number of carbonyl (C=O) groups is 2. The molecule has 1 aliphatic rings. The smallest absolute Gasteiger partial charge is 0.338 e. The van der Waals surface area contributed by atoms with Gasteiger partial charge in [-0.2, -0.15) is 5.10 Å². The molecular weight excluding hydrogens is 352 g/mol. The largest absolute Gasteiger partial charge is 0.452 e. The molecule has 0 spiro atoms. The van der Waals surface area contributed by atoms with Gasteiger partial charge in [-0.3, -0.25) is 9.00 Å². The summed E-state index contributed by atoms with van der Waals surface area (Å²) in [6.07, 6.45) is 2.23. The fraction of sp³-hybridized carbons (Fsp3) is 0.211. The van der Waals surface area contributed by atoms with Crippen molar-refractivity contribution < 1.29 is 18.5 Å². The number of nitrogens with zero attached hydrogens (tertiary/aromatic N) is 2. The first kappa shape index (κ1) is 18.0. The molecule has 1 amide bonds. The van der Waals surface area contributed by atoms with Crippen molar-refractivity contribution in [2.75, 3.05) is 19.4 Å². The summed E-state index contributed by atoms with van der Waals surface area (Å²) < 4.78 is 16.4. The highest BCUT2D eigenvalue weighted by molar-refractivity contribution is 7.84. The van der Waals surface area contributed by atoms with Crippen LogP contribution in [-0.2, 0) is 20.3 Å². The lowest BCUT2D eigenvalue weighted by Gasteiger charge is -2.11. The predicted octanol–water partition coefficient (Wildman–Crippen LogP) is 2.22. The number of rotatable bonds is 5. The number of ether oxygens (including phenoxy) is 1. The summed E-state index contributed by atoms with van der Waals surface area (Å²) in [5.74, 6) is -0.964. The van der Waals surface area contributed by atoms with Gasteiger partial charge in [0.2, 0.25) is 0 Å². The molecule has 1 heterocycles.